The average molecular weight is 237 g/mol. The number of rotatable bonds is 7. The van der Waals surface area contributed by atoms with Gasteiger partial charge in [-0.05, 0) is 25.8 Å². The molecule has 0 saturated carbocycles. The molecular weight excluding hydrogens is 214 g/mol. The number of pyridine rings is 1. The lowest BCUT2D eigenvalue weighted by atomic mass is 9.93. The van der Waals surface area contributed by atoms with Gasteiger partial charge >= 0.3 is 0 Å². The number of hydrogen-bond acceptors (Lipinski definition) is 4. The van der Waals surface area contributed by atoms with Crippen molar-refractivity contribution < 1.29 is 5.11 Å². The van der Waals surface area contributed by atoms with Crippen LogP contribution in [0.25, 0.3) is 0 Å². The maximum atomic E-state index is 9.52. The lowest BCUT2D eigenvalue weighted by molar-refractivity contribution is 0.202. The molecule has 0 atom stereocenters. The molecule has 0 aliphatic heterocycles. The van der Waals surface area contributed by atoms with E-state index < -0.39 is 0 Å². The Morgan fingerprint density at radius 2 is 2.00 bits per heavy atom. The van der Waals surface area contributed by atoms with Crippen molar-refractivity contribution >= 4 is 11.5 Å². The molecule has 0 amide bonds. The van der Waals surface area contributed by atoms with Crippen LogP contribution in [-0.4, -0.2) is 28.8 Å². The summed E-state index contributed by atoms with van der Waals surface area (Å²) in [7, 11) is 0. The molecule has 0 saturated heterocycles. The number of aromatic nitrogens is 1. The first-order valence-corrected chi connectivity index (χ1v) is 6.28. The second-order valence-electron chi connectivity index (χ2n) is 4.23. The lowest BCUT2D eigenvalue weighted by Crippen LogP contribution is -2.40. The highest BCUT2D eigenvalue weighted by Gasteiger charge is 2.24. The highest BCUT2D eigenvalue weighted by atomic mass is 16.3. The van der Waals surface area contributed by atoms with E-state index in [0.717, 1.165) is 30.9 Å². The van der Waals surface area contributed by atoms with Crippen molar-refractivity contribution in [3.8, 4) is 0 Å². The van der Waals surface area contributed by atoms with Crippen LogP contribution >= 0.6 is 0 Å². The molecular formula is C13H23N3O. The van der Waals surface area contributed by atoms with Gasteiger partial charge in [0.15, 0.2) is 0 Å². The molecule has 0 aromatic carbocycles. The van der Waals surface area contributed by atoms with Gasteiger partial charge in [-0.25, -0.2) is 4.98 Å². The van der Waals surface area contributed by atoms with Gasteiger partial charge in [0, 0.05) is 24.5 Å². The number of aliphatic hydroxyl groups excluding tert-OH is 1. The van der Waals surface area contributed by atoms with Crippen molar-refractivity contribution in [1.82, 2.24) is 4.98 Å². The fourth-order valence-corrected chi connectivity index (χ4v) is 1.78. The monoisotopic (exact) mass is 237 g/mol. The molecule has 17 heavy (non-hydrogen) atoms. The summed E-state index contributed by atoms with van der Waals surface area (Å²) in [6.45, 7) is 7.19. The van der Waals surface area contributed by atoms with Gasteiger partial charge in [-0.15, -0.1) is 0 Å². The van der Waals surface area contributed by atoms with E-state index in [-0.39, 0.29) is 12.1 Å². The quantitative estimate of drug-likeness (QED) is 0.682. The maximum absolute atomic E-state index is 9.52. The van der Waals surface area contributed by atoms with E-state index in [0.29, 0.717) is 0 Å². The van der Waals surface area contributed by atoms with Gasteiger partial charge in [-0.3, -0.25) is 0 Å². The van der Waals surface area contributed by atoms with Crippen molar-refractivity contribution in [3.05, 3.63) is 18.3 Å². The first-order valence-electron chi connectivity index (χ1n) is 6.28. The molecule has 1 aromatic rings. The van der Waals surface area contributed by atoms with Gasteiger partial charge < -0.3 is 15.7 Å². The smallest absolute Gasteiger partial charge is 0.127 e. The van der Waals surface area contributed by atoms with E-state index in [1.165, 1.54) is 0 Å². The highest BCUT2D eigenvalue weighted by molar-refractivity contribution is 5.53. The second-order valence-corrected chi connectivity index (χ2v) is 4.23. The molecule has 1 rings (SSSR count). The molecule has 4 nitrogen and oxygen atoms in total. The van der Waals surface area contributed by atoms with Gasteiger partial charge in [0.05, 0.1) is 12.1 Å². The zero-order valence-corrected chi connectivity index (χ0v) is 11.0. The van der Waals surface area contributed by atoms with Crippen LogP contribution in [0.3, 0.4) is 0 Å². The van der Waals surface area contributed by atoms with E-state index in [1.54, 1.807) is 6.20 Å². The summed E-state index contributed by atoms with van der Waals surface area (Å²) in [6, 6.07) is 3.90. The van der Waals surface area contributed by atoms with Crippen LogP contribution in [0.2, 0.25) is 0 Å². The Kier molecular flexibility index (Phi) is 5.22. The van der Waals surface area contributed by atoms with Gasteiger partial charge in [-0.2, -0.15) is 0 Å². The largest absolute Gasteiger partial charge is 0.394 e. The number of nitrogens with one attached hydrogen (secondary N) is 2. The van der Waals surface area contributed by atoms with Gasteiger partial charge in [0.1, 0.15) is 5.82 Å². The first kappa shape index (κ1) is 13.8. The van der Waals surface area contributed by atoms with Crippen molar-refractivity contribution in [2.24, 2.45) is 0 Å². The van der Waals surface area contributed by atoms with Gasteiger partial charge in [0.25, 0.3) is 0 Å². The summed E-state index contributed by atoms with van der Waals surface area (Å²) in [4.78, 5) is 4.22. The summed E-state index contributed by atoms with van der Waals surface area (Å²) >= 11 is 0. The minimum absolute atomic E-state index is 0.138. The fourth-order valence-electron chi connectivity index (χ4n) is 1.78. The third-order valence-corrected chi connectivity index (χ3v) is 3.18. The minimum atomic E-state index is -0.231. The summed E-state index contributed by atoms with van der Waals surface area (Å²) in [5.41, 5.74) is 0.763. The van der Waals surface area contributed by atoms with Crippen LogP contribution in [0.4, 0.5) is 11.5 Å². The Morgan fingerprint density at radius 1 is 1.29 bits per heavy atom. The van der Waals surface area contributed by atoms with E-state index >= 15 is 0 Å². The van der Waals surface area contributed by atoms with Crippen LogP contribution < -0.4 is 10.6 Å². The van der Waals surface area contributed by atoms with Crippen LogP contribution in [-0.2, 0) is 0 Å². The number of nitrogens with zero attached hydrogens (tertiary/aromatic N) is 1. The molecule has 0 bridgehead atoms. The fraction of sp³-hybridized carbons (Fsp3) is 0.615. The zero-order valence-electron chi connectivity index (χ0n) is 11.0. The Labute approximate surface area is 103 Å². The summed E-state index contributed by atoms with van der Waals surface area (Å²) < 4.78 is 0. The standard InChI is InChI=1S/C13H23N3O/c1-4-13(5-2,10-17)16-11-7-8-15-12(9-11)14-6-3/h7-9,17H,4-6,10H2,1-3H3,(H2,14,15,16). The van der Waals surface area contributed by atoms with Crippen molar-refractivity contribution in [3.63, 3.8) is 0 Å². The van der Waals surface area contributed by atoms with Crippen LogP contribution in [0.15, 0.2) is 18.3 Å². The van der Waals surface area contributed by atoms with Crippen LogP contribution in [0.5, 0.6) is 0 Å². The topological polar surface area (TPSA) is 57.2 Å². The van der Waals surface area contributed by atoms with Crippen LogP contribution in [0.1, 0.15) is 33.6 Å². The van der Waals surface area contributed by atoms with Crippen molar-refractivity contribution in [2.45, 2.75) is 39.2 Å². The molecule has 0 fully saturated rings. The highest BCUT2D eigenvalue weighted by Crippen LogP contribution is 2.22. The predicted molar refractivity (Wildman–Crippen MR) is 72.4 cm³/mol. The summed E-state index contributed by atoms with van der Waals surface area (Å²) in [6.07, 6.45) is 3.55. The number of anilines is 2. The SMILES string of the molecule is CCNc1cc(NC(CC)(CC)CO)ccn1. The summed E-state index contributed by atoms with van der Waals surface area (Å²) in [5.74, 6) is 0.858. The number of aliphatic hydroxyl groups is 1. The Hall–Kier alpha value is -1.29. The second kappa shape index (κ2) is 6.45. The Bertz CT molecular complexity index is 329. The minimum Gasteiger partial charge on any atom is -0.394 e. The van der Waals surface area contributed by atoms with Gasteiger partial charge in [-0.1, -0.05) is 13.8 Å². The Balaban J connectivity index is 2.82. The molecule has 4 heteroatoms. The zero-order chi connectivity index (χ0) is 12.7. The van der Waals surface area contributed by atoms with Crippen molar-refractivity contribution in [1.29, 1.82) is 0 Å². The molecule has 96 valence electrons. The first-order chi connectivity index (χ1) is 8.19. The average Bonchev–Trinajstić information content (AvgIpc) is 2.37. The molecule has 3 N–H and O–H groups in total. The summed E-state index contributed by atoms with van der Waals surface area (Å²) in [5, 5.41) is 16.1. The number of hydrogen-bond donors (Lipinski definition) is 3. The van der Waals surface area contributed by atoms with Crippen molar-refractivity contribution in [2.75, 3.05) is 23.8 Å². The van der Waals surface area contributed by atoms with Crippen LogP contribution in [0, 0.1) is 0 Å². The van der Waals surface area contributed by atoms with E-state index in [9.17, 15) is 5.11 Å². The normalized spacial score (nSPS) is 11.3. The molecule has 0 aliphatic carbocycles. The van der Waals surface area contributed by atoms with E-state index in [2.05, 4.69) is 29.5 Å². The molecule has 1 heterocycles. The third-order valence-electron chi connectivity index (χ3n) is 3.18. The molecule has 0 radical (unpaired) electrons. The predicted octanol–water partition coefficient (Wildman–Crippen LogP) is 2.48. The Morgan fingerprint density at radius 3 is 2.53 bits per heavy atom. The maximum Gasteiger partial charge on any atom is 0.127 e. The molecule has 0 aliphatic rings. The van der Waals surface area contributed by atoms with E-state index in [1.807, 2.05) is 19.1 Å². The van der Waals surface area contributed by atoms with E-state index in [4.69, 9.17) is 0 Å². The molecule has 1 aromatic heterocycles. The third kappa shape index (κ3) is 3.60. The molecule has 0 unspecified atom stereocenters. The van der Waals surface area contributed by atoms with Gasteiger partial charge in [0.2, 0.25) is 0 Å². The molecule has 0 spiro atoms. The lowest BCUT2D eigenvalue weighted by Gasteiger charge is -2.32.